The van der Waals surface area contributed by atoms with Crippen molar-refractivity contribution in [2.75, 3.05) is 31.1 Å². The van der Waals surface area contributed by atoms with Gasteiger partial charge in [-0.05, 0) is 68.9 Å². The third kappa shape index (κ3) is 4.35. The summed E-state index contributed by atoms with van der Waals surface area (Å²) in [5.74, 6) is 1.03. The van der Waals surface area contributed by atoms with Gasteiger partial charge in [0.2, 0.25) is 15.9 Å². The molecule has 32 heavy (non-hydrogen) atoms. The van der Waals surface area contributed by atoms with Crippen molar-refractivity contribution in [2.45, 2.75) is 62.3 Å². The zero-order valence-electron chi connectivity index (χ0n) is 18.5. The lowest BCUT2D eigenvalue weighted by Gasteiger charge is -2.33. The molecule has 1 aromatic carbocycles. The molecule has 1 N–H and O–H groups in total. The van der Waals surface area contributed by atoms with E-state index in [2.05, 4.69) is 10.2 Å². The molecule has 8 heteroatoms. The summed E-state index contributed by atoms with van der Waals surface area (Å²) in [5, 5.41) is 4.07. The van der Waals surface area contributed by atoms with Crippen LogP contribution in [-0.4, -0.2) is 55.8 Å². The molecule has 0 unspecified atom stereocenters. The number of benzene rings is 1. The molecule has 1 saturated carbocycles. The average Bonchev–Trinajstić information content (AvgIpc) is 3.53. The largest absolute Gasteiger partial charge is 0.356 e. The Balaban J connectivity index is 1.31. The first-order valence-corrected chi connectivity index (χ1v) is 13.4. The van der Waals surface area contributed by atoms with Gasteiger partial charge < -0.3 is 10.2 Å². The maximum absolute atomic E-state index is 12.9. The van der Waals surface area contributed by atoms with E-state index in [1.807, 2.05) is 12.1 Å². The van der Waals surface area contributed by atoms with Crippen molar-refractivity contribution in [2.24, 2.45) is 5.92 Å². The van der Waals surface area contributed by atoms with E-state index >= 15 is 0 Å². The molecule has 2 aliphatic heterocycles. The zero-order chi connectivity index (χ0) is 22.1. The Morgan fingerprint density at radius 2 is 1.72 bits per heavy atom. The first-order chi connectivity index (χ1) is 15.5. The lowest BCUT2D eigenvalue weighted by atomic mass is 9.96. The van der Waals surface area contributed by atoms with Gasteiger partial charge in [-0.3, -0.25) is 4.79 Å². The van der Waals surface area contributed by atoms with Crippen molar-refractivity contribution >= 4 is 32.7 Å². The van der Waals surface area contributed by atoms with E-state index in [9.17, 15) is 13.2 Å². The summed E-state index contributed by atoms with van der Waals surface area (Å²) in [5.41, 5.74) is 0.778. The fraction of sp³-hybridized carbons (Fsp3) is 0.583. The van der Waals surface area contributed by atoms with E-state index in [1.54, 1.807) is 22.5 Å². The number of piperidine rings is 1. The molecule has 3 aliphatic rings. The van der Waals surface area contributed by atoms with Crippen molar-refractivity contribution in [1.82, 2.24) is 14.6 Å². The Labute approximate surface area is 190 Å². The van der Waals surface area contributed by atoms with Crippen LogP contribution in [0.5, 0.6) is 0 Å². The van der Waals surface area contributed by atoms with Crippen molar-refractivity contribution < 1.29 is 13.2 Å². The number of hydrogen-bond donors (Lipinski definition) is 1. The van der Waals surface area contributed by atoms with E-state index in [4.69, 9.17) is 4.98 Å². The van der Waals surface area contributed by atoms with E-state index in [0.29, 0.717) is 30.6 Å². The normalized spacial score (nSPS) is 23.1. The third-order valence-electron chi connectivity index (χ3n) is 7.17. The second-order valence-corrected chi connectivity index (χ2v) is 11.3. The Bertz CT molecular complexity index is 1090. The van der Waals surface area contributed by atoms with Gasteiger partial charge in [-0.2, -0.15) is 4.31 Å². The number of carbonyl (C=O) groups excluding carboxylic acids is 1. The van der Waals surface area contributed by atoms with Crippen LogP contribution in [0.2, 0.25) is 0 Å². The monoisotopic (exact) mass is 456 g/mol. The highest BCUT2D eigenvalue weighted by atomic mass is 32.2. The van der Waals surface area contributed by atoms with Crippen LogP contribution in [0.4, 0.5) is 5.82 Å². The fourth-order valence-corrected chi connectivity index (χ4v) is 6.85. The number of fused-ring (bicyclic) bond motifs is 1. The predicted octanol–water partition coefficient (Wildman–Crippen LogP) is 3.29. The number of anilines is 1. The Kier molecular flexibility index (Phi) is 6.07. The van der Waals surface area contributed by atoms with E-state index < -0.39 is 10.0 Å². The summed E-state index contributed by atoms with van der Waals surface area (Å²) in [6.45, 7) is 2.76. The minimum absolute atomic E-state index is 0.00479. The van der Waals surface area contributed by atoms with Crippen LogP contribution in [0.1, 0.15) is 51.4 Å². The predicted molar refractivity (Wildman–Crippen MR) is 125 cm³/mol. The Morgan fingerprint density at radius 3 is 2.50 bits per heavy atom. The van der Waals surface area contributed by atoms with E-state index in [0.717, 1.165) is 61.8 Å². The van der Waals surface area contributed by atoms with Gasteiger partial charge in [0, 0.05) is 37.6 Å². The van der Waals surface area contributed by atoms with E-state index in [-0.39, 0.29) is 11.8 Å². The second kappa shape index (κ2) is 8.98. The molecule has 1 atom stereocenters. The topological polar surface area (TPSA) is 82.6 Å². The molecular weight excluding hydrogens is 424 g/mol. The SMILES string of the molecule is O=C(NC1CCCC1)[C@H]1CCCN(c2ccc3cc(S(=O)(=O)N4CCCC4)ccc3n2)C1. The van der Waals surface area contributed by atoms with Crippen LogP contribution < -0.4 is 10.2 Å². The number of pyridine rings is 1. The number of rotatable bonds is 5. The molecule has 2 saturated heterocycles. The summed E-state index contributed by atoms with van der Waals surface area (Å²) in [6.07, 6.45) is 8.36. The van der Waals surface area contributed by atoms with Gasteiger partial charge in [0.15, 0.2) is 0 Å². The molecule has 1 aromatic heterocycles. The highest BCUT2D eigenvalue weighted by molar-refractivity contribution is 7.89. The first kappa shape index (κ1) is 21.6. The van der Waals surface area contributed by atoms with Gasteiger partial charge in [-0.15, -0.1) is 0 Å². The molecule has 1 aliphatic carbocycles. The molecule has 2 aromatic rings. The summed E-state index contributed by atoms with van der Waals surface area (Å²) < 4.78 is 27.3. The standard InChI is InChI=1S/C24H32N4O3S/c29-24(25-20-7-1-2-8-20)19-6-5-13-27(17-19)23-12-9-18-16-21(10-11-22(18)26-23)32(30,31)28-14-3-4-15-28/h9-12,16,19-20H,1-8,13-15,17H2,(H,25,29)/t19-/m0/s1. The van der Waals surface area contributed by atoms with Gasteiger partial charge in [-0.1, -0.05) is 12.8 Å². The molecule has 0 bridgehead atoms. The molecule has 0 radical (unpaired) electrons. The Morgan fingerprint density at radius 1 is 0.938 bits per heavy atom. The minimum atomic E-state index is -3.44. The zero-order valence-corrected chi connectivity index (χ0v) is 19.3. The van der Waals surface area contributed by atoms with Crippen molar-refractivity contribution in [3.8, 4) is 0 Å². The summed E-state index contributed by atoms with van der Waals surface area (Å²) in [6, 6.07) is 9.45. The van der Waals surface area contributed by atoms with Crippen molar-refractivity contribution in [1.29, 1.82) is 0 Å². The molecule has 172 valence electrons. The van der Waals surface area contributed by atoms with Crippen LogP contribution in [0.3, 0.4) is 0 Å². The lowest BCUT2D eigenvalue weighted by molar-refractivity contribution is -0.125. The highest BCUT2D eigenvalue weighted by Crippen LogP contribution is 2.28. The molecule has 0 spiro atoms. The summed E-state index contributed by atoms with van der Waals surface area (Å²) in [7, 11) is -3.44. The number of sulfonamides is 1. The third-order valence-corrected chi connectivity index (χ3v) is 9.06. The van der Waals surface area contributed by atoms with Crippen LogP contribution >= 0.6 is 0 Å². The van der Waals surface area contributed by atoms with Crippen LogP contribution in [0, 0.1) is 5.92 Å². The maximum Gasteiger partial charge on any atom is 0.243 e. The lowest BCUT2D eigenvalue weighted by Crippen LogP contribution is -2.45. The van der Waals surface area contributed by atoms with Crippen LogP contribution in [-0.2, 0) is 14.8 Å². The fourth-order valence-electron chi connectivity index (χ4n) is 5.30. The Hall–Kier alpha value is -2.19. The van der Waals surface area contributed by atoms with E-state index in [1.165, 1.54) is 12.8 Å². The number of hydrogen-bond acceptors (Lipinski definition) is 5. The highest BCUT2D eigenvalue weighted by Gasteiger charge is 2.29. The summed E-state index contributed by atoms with van der Waals surface area (Å²) in [4.78, 5) is 20.1. The van der Waals surface area contributed by atoms with Crippen LogP contribution in [0.25, 0.3) is 10.9 Å². The van der Waals surface area contributed by atoms with Gasteiger partial charge >= 0.3 is 0 Å². The van der Waals surface area contributed by atoms with Gasteiger partial charge in [0.05, 0.1) is 16.3 Å². The number of amides is 1. The number of nitrogens with zero attached hydrogens (tertiary/aromatic N) is 3. The number of carbonyl (C=O) groups is 1. The smallest absolute Gasteiger partial charge is 0.243 e. The molecule has 1 amide bonds. The molecule has 3 heterocycles. The van der Waals surface area contributed by atoms with Crippen LogP contribution in [0.15, 0.2) is 35.2 Å². The van der Waals surface area contributed by atoms with Crippen molar-refractivity contribution in [3.05, 3.63) is 30.3 Å². The van der Waals surface area contributed by atoms with Gasteiger partial charge in [0.25, 0.3) is 0 Å². The summed E-state index contributed by atoms with van der Waals surface area (Å²) >= 11 is 0. The number of aromatic nitrogens is 1. The maximum atomic E-state index is 12.9. The van der Waals surface area contributed by atoms with Crippen molar-refractivity contribution in [3.63, 3.8) is 0 Å². The quantitative estimate of drug-likeness (QED) is 0.747. The van der Waals surface area contributed by atoms with Gasteiger partial charge in [0.1, 0.15) is 5.82 Å². The molecule has 7 nitrogen and oxygen atoms in total. The first-order valence-electron chi connectivity index (χ1n) is 12.0. The molecular formula is C24H32N4O3S. The van der Waals surface area contributed by atoms with Gasteiger partial charge in [-0.25, -0.2) is 13.4 Å². The minimum Gasteiger partial charge on any atom is -0.356 e. The molecule has 3 fully saturated rings. The second-order valence-electron chi connectivity index (χ2n) is 9.41. The average molecular weight is 457 g/mol. The molecule has 5 rings (SSSR count). The number of nitrogens with one attached hydrogen (secondary N) is 1.